The molecule has 5 nitrogen and oxygen atoms in total. The Balaban J connectivity index is 2.43. The largest absolute Gasteiger partial charge is 0.359 e. The lowest BCUT2D eigenvalue weighted by atomic mass is 9.97. The first-order chi connectivity index (χ1) is 7.69. The van der Waals surface area contributed by atoms with Gasteiger partial charge in [0.1, 0.15) is 0 Å². The third kappa shape index (κ3) is 3.48. The van der Waals surface area contributed by atoms with Crippen molar-refractivity contribution in [1.82, 2.24) is 15.5 Å². The zero-order chi connectivity index (χ0) is 12.0. The van der Waals surface area contributed by atoms with Crippen LogP contribution in [0.1, 0.15) is 19.8 Å². The average Bonchev–Trinajstić information content (AvgIpc) is 2.35. The zero-order valence-corrected chi connectivity index (χ0v) is 10.1. The second kappa shape index (κ2) is 6.48. The number of rotatable bonds is 4. The van der Waals surface area contributed by atoms with Gasteiger partial charge in [0.25, 0.3) is 0 Å². The minimum absolute atomic E-state index is 0.0377. The van der Waals surface area contributed by atoms with Crippen LogP contribution in [0.5, 0.6) is 0 Å². The molecule has 0 saturated carbocycles. The molecule has 16 heavy (non-hydrogen) atoms. The summed E-state index contributed by atoms with van der Waals surface area (Å²) in [7, 11) is 1.64. The Morgan fingerprint density at radius 2 is 2.19 bits per heavy atom. The third-order valence-electron chi connectivity index (χ3n) is 2.92. The van der Waals surface area contributed by atoms with Gasteiger partial charge < -0.3 is 15.5 Å². The summed E-state index contributed by atoms with van der Waals surface area (Å²) >= 11 is 0. The van der Waals surface area contributed by atoms with E-state index in [4.69, 9.17) is 0 Å². The fraction of sp³-hybridized carbons (Fsp3) is 0.818. The Kier molecular flexibility index (Phi) is 5.25. The van der Waals surface area contributed by atoms with E-state index >= 15 is 0 Å². The molecule has 1 aliphatic rings. The van der Waals surface area contributed by atoms with Gasteiger partial charge in [0.15, 0.2) is 0 Å². The predicted molar refractivity (Wildman–Crippen MR) is 61.9 cm³/mol. The molecule has 1 saturated heterocycles. The Labute approximate surface area is 96.6 Å². The minimum Gasteiger partial charge on any atom is -0.359 e. The number of carbonyl (C=O) groups is 2. The Hall–Kier alpha value is -1.10. The van der Waals surface area contributed by atoms with E-state index in [0.29, 0.717) is 13.1 Å². The molecule has 1 heterocycles. The van der Waals surface area contributed by atoms with Gasteiger partial charge in [0.2, 0.25) is 11.8 Å². The Morgan fingerprint density at radius 1 is 1.44 bits per heavy atom. The molecule has 1 atom stereocenters. The van der Waals surface area contributed by atoms with Crippen molar-refractivity contribution in [2.24, 2.45) is 5.92 Å². The van der Waals surface area contributed by atoms with Gasteiger partial charge in [-0.1, -0.05) is 6.92 Å². The highest BCUT2D eigenvalue weighted by Gasteiger charge is 2.27. The van der Waals surface area contributed by atoms with E-state index in [2.05, 4.69) is 10.6 Å². The molecule has 2 N–H and O–H groups in total. The van der Waals surface area contributed by atoms with Crippen LogP contribution in [0.2, 0.25) is 0 Å². The molecule has 1 unspecified atom stereocenters. The molecular weight excluding hydrogens is 206 g/mol. The summed E-state index contributed by atoms with van der Waals surface area (Å²) in [5, 5.41) is 5.66. The quantitative estimate of drug-likeness (QED) is 0.686. The topological polar surface area (TPSA) is 61.4 Å². The molecule has 0 aromatic rings. The van der Waals surface area contributed by atoms with E-state index in [1.165, 1.54) is 0 Å². The first kappa shape index (κ1) is 13.0. The maximum absolute atomic E-state index is 11.7. The van der Waals surface area contributed by atoms with Crippen molar-refractivity contribution in [2.45, 2.75) is 19.8 Å². The standard InChI is InChI=1S/C11H21N3O2/c1-3-13-7-10(15)14-6-4-5-9(8-14)11(16)12-2/h9,13H,3-8H2,1-2H3,(H,12,16). The molecule has 0 aliphatic carbocycles. The van der Waals surface area contributed by atoms with Gasteiger partial charge in [-0.15, -0.1) is 0 Å². The molecule has 0 spiro atoms. The lowest BCUT2D eigenvalue weighted by molar-refractivity contribution is -0.134. The molecule has 0 aromatic heterocycles. The van der Waals surface area contributed by atoms with Crippen LogP contribution in [0.3, 0.4) is 0 Å². The average molecular weight is 227 g/mol. The van der Waals surface area contributed by atoms with Crippen molar-refractivity contribution < 1.29 is 9.59 Å². The lowest BCUT2D eigenvalue weighted by Crippen LogP contribution is -2.47. The van der Waals surface area contributed by atoms with Gasteiger partial charge in [-0.05, 0) is 19.4 Å². The van der Waals surface area contributed by atoms with Gasteiger partial charge in [-0.3, -0.25) is 9.59 Å². The molecule has 1 fully saturated rings. The van der Waals surface area contributed by atoms with Crippen LogP contribution in [0.25, 0.3) is 0 Å². The third-order valence-corrected chi connectivity index (χ3v) is 2.92. The van der Waals surface area contributed by atoms with Crippen LogP contribution in [0.15, 0.2) is 0 Å². The van der Waals surface area contributed by atoms with Crippen LogP contribution in [0.4, 0.5) is 0 Å². The second-order valence-electron chi connectivity index (χ2n) is 4.07. The number of hydrogen-bond donors (Lipinski definition) is 2. The number of nitrogens with one attached hydrogen (secondary N) is 2. The number of carbonyl (C=O) groups excluding carboxylic acids is 2. The fourth-order valence-corrected chi connectivity index (χ4v) is 1.97. The number of likely N-dealkylation sites (tertiary alicyclic amines) is 1. The molecule has 0 bridgehead atoms. The maximum atomic E-state index is 11.7. The number of amides is 2. The summed E-state index contributed by atoms with van der Waals surface area (Å²) in [6, 6.07) is 0. The van der Waals surface area contributed by atoms with Gasteiger partial charge in [-0.2, -0.15) is 0 Å². The molecular formula is C11H21N3O2. The van der Waals surface area contributed by atoms with Crippen molar-refractivity contribution >= 4 is 11.8 Å². The van der Waals surface area contributed by atoms with Crippen LogP contribution in [0, 0.1) is 5.92 Å². The zero-order valence-electron chi connectivity index (χ0n) is 10.1. The van der Waals surface area contributed by atoms with Gasteiger partial charge in [-0.25, -0.2) is 0 Å². The maximum Gasteiger partial charge on any atom is 0.236 e. The number of piperidine rings is 1. The second-order valence-corrected chi connectivity index (χ2v) is 4.07. The summed E-state index contributed by atoms with van der Waals surface area (Å²) in [4.78, 5) is 25.0. The van der Waals surface area contributed by atoms with Crippen molar-refractivity contribution in [3.63, 3.8) is 0 Å². The highest BCUT2D eigenvalue weighted by molar-refractivity contribution is 5.81. The van der Waals surface area contributed by atoms with Crippen LogP contribution in [-0.4, -0.2) is 49.9 Å². The van der Waals surface area contributed by atoms with Gasteiger partial charge >= 0.3 is 0 Å². The summed E-state index contributed by atoms with van der Waals surface area (Å²) in [5.41, 5.74) is 0. The van der Waals surface area contributed by atoms with Crippen LogP contribution < -0.4 is 10.6 Å². The number of nitrogens with zero attached hydrogens (tertiary/aromatic N) is 1. The normalized spacial score (nSPS) is 20.6. The highest BCUT2D eigenvalue weighted by atomic mass is 16.2. The fourth-order valence-electron chi connectivity index (χ4n) is 1.97. The van der Waals surface area contributed by atoms with E-state index in [9.17, 15) is 9.59 Å². The van der Waals surface area contributed by atoms with Crippen LogP contribution >= 0.6 is 0 Å². The van der Waals surface area contributed by atoms with Crippen molar-refractivity contribution in [2.75, 3.05) is 33.2 Å². The van der Waals surface area contributed by atoms with Gasteiger partial charge in [0, 0.05) is 20.1 Å². The Bertz CT molecular complexity index is 256. The summed E-state index contributed by atoms with van der Waals surface area (Å²) in [5.74, 6) is 0.0979. The monoisotopic (exact) mass is 227 g/mol. The predicted octanol–water partition coefficient (Wildman–Crippen LogP) is -0.419. The minimum atomic E-state index is -0.0377. The molecule has 0 aromatic carbocycles. The lowest BCUT2D eigenvalue weighted by Gasteiger charge is -2.31. The van der Waals surface area contributed by atoms with Crippen LogP contribution in [-0.2, 0) is 9.59 Å². The number of hydrogen-bond acceptors (Lipinski definition) is 3. The van der Waals surface area contributed by atoms with Crippen molar-refractivity contribution in [3.8, 4) is 0 Å². The Morgan fingerprint density at radius 3 is 2.81 bits per heavy atom. The van der Waals surface area contributed by atoms with E-state index in [1.807, 2.05) is 6.92 Å². The van der Waals surface area contributed by atoms with Gasteiger partial charge in [0.05, 0.1) is 12.5 Å². The first-order valence-electron chi connectivity index (χ1n) is 5.89. The first-order valence-corrected chi connectivity index (χ1v) is 5.89. The van der Waals surface area contributed by atoms with E-state index in [0.717, 1.165) is 25.9 Å². The summed E-state index contributed by atoms with van der Waals surface area (Å²) in [6.45, 7) is 4.47. The molecule has 1 aliphatic heterocycles. The molecule has 0 radical (unpaired) electrons. The molecule has 5 heteroatoms. The van der Waals surface area contributed by atoms with E-state index in [-0.39, 0.29) is 17.7 Å². The SMILES string of the molecule is CCNCC(=O)N1CCCC(C(=O)NC)C1. The van der Waals surface area contributed by atoms with E-state index in [1.54, 1.807) is 11.9 Å². The van der Waals surface area contributed by atoms with Crippen molar-refractivity contribution in [3.05, 3.63) is 0 Å². The van der Waals surface area contributed by atoms with Crippen molar-refractivity contribution in [1.29, 1.82) is 0 Å². The molecule has 1 rings (SSSR count). The van der Waals surface area contributed by atoms with E-state index < -0.39 is 0 Å². The molecule has 2 amide bonds. The molecule has 92 valence electrons. The summed E-state index contributed by atoms with van der Waals surface area (Å²) < 4.78 is 0. The summed E-state index contributed by atoms with van der Waals surface area (Å²) in [6.07, 6.45) is 1.79. The smallest absolute Gasteiger partial charge is 0.236 e. The highest BCUT2D eigenvalue weighted by Crippen LogP contribution is 2.16. The number of likely N-dealkylation sites (N-methyl/N-ethyl adjacent to an activating group) is 1.